The third kappa shape index (κ3) is 3.45. The van der Waals surface area contributed by atoms with Gasteiger partial charge in [-0.1, -0.05) is 11.6 Å². The fourth-order valence-electron chi connectivity index (χ4n) is 3.23. The first-order chi connectivity index (χ1) is 11.5. The summed E-state index contributed by atoms with van der Waals surface area (Å²) < 4.78 is 14.4. The number of carbonyl (C=O) groups excluding carboxylic acids is 1. The summed E-state index contributed by atoms with van der Waals surface area (Å²) in [4.78, 5) is 18.8. The van der Waals surface area contributed by atoms with Gasteiger partial charge in [0.15, 0.2) is 5.78 Å². The summed E-state index contributed by atoms with van der Waals surface area (Å²) >= 11 is 6.34. The van der Waals surface area contributed by atoms with E-state index < -0.39 is 11.0 Å². The van der Waals surface area contributed by atoms with Crippen molar-refractivity contribution in [1.29, 1.82) is 0 Å². The molecule has 3 rings (SSSR count). The molecule has 1 fully saturated rings. The molecule has 1 atom stereocenters. The Morgan fingerprint density at radius 3 is 2.75 bits per heavy atom. The third-order valence-corrected chi connectivity index (χ3v) is 5.32. The van der Waals surface area contributed by atoms with E-state index in [1.54, 1.807) is 25.4 Å². The van der Waals surface area contributed by atoms with E-state index >= 15 is 0 Å². The maximum Gasteiger partial charge on any atom is 0.162 e. The largest absolute Gasteiger partial charge is 0.369 e. The molecule has 24 heavy (non-hydrogen) atoms. The van der Waals surface area contributed by atoms with Crippen molar-refractivity contribution in [1.82, 2.24) is 9.71 Å². The molecule has 128 valence electrons. The van der Waals surface area contributed by atoms with E-state index in [1.165, 1.54) is 0 Å². The topological polar surface area (TPSA) is 62.3 Å². The lowest BCUT2D eigenvalue weighted by atomic mass is 10.00. The van der Waals surface area contributed by atoms with Crippen LogP contribution in [0.15, 0.2) is 24.4 Å². The second-order valence-electron chi connectivity index (χ2n) is 6.04. The highest BCUT2D eigenvalue weighted by molar-refractivity contribution is 7.82. The van der Waals surface area contributed by atoms with Gasteiger partial charge >= 0.3 is 0 Å². The molecule has 0 radical (unpaired) electrons. The van der Waals surface area contributed by atoms with E-state index in [9.17, 15) is 9.00 Å². The molecule has 1 unspecified atom stereocenters. The van der Waals surface area contributed by atoms with Gasteiger partial charge in [-0.2, -0.15) is 0 Å². The number of ketones is 1. The summed E-state index contributed by atoms with van der Waals surface area (Å²) in [6.07, 6.45) is 5.11. The molecule has 0 amide bonds. The van der Waals surface area contributed by atoms with Crippen LogP contribution in [0, 0.1) is 0 Å². The van der Waals surface area contributed by atoms with E-state index in [-0.39, 0.29) is 11.8 Å². The van der Waals surface area contributed by atoms with Crippen LogP contribution in [0.3, 0.4) is 0 Å². The lowest BCUT2D eigenvalue weighted by Gasteiger charge is -2.35. The minimum atomic E-state index is -1.01. The Kier molecular flexibility index (Phi) is 5.18. The fourth-order valence-corrected chi connectivity index (χ4v) is 4.20. The number of rotatable bonds is 4. The van der Waals surface area contributed by atoms with Crippen molar-refractivity contribution in [2.45, 2.75) is 25.8 Å². The molecule has 1 aliphatic heterocycles. The number of pyridine rings is 1. The Morgan fingerprint density at radius 2 is 2.12 bits per heavy atom. The molecule has 1 aromatic heterocycles. The van der Waals surface area contributed by atoms with Crippen molar-refractivity contribution in [2.75, 3.05) is 24.2 Å². The Hall–Kier alpha value is -1.50. The Balaban J connectivity index is 2.00. The van der Waals surface area contributed by atoms with E-state index in [2.05, 4.69) is 14.6 Å². The lowest BCUT2D eigenvalue weighted by molar-refractivity contribution is 0.101. The molecule has 1 aliphatic rings. The normalized spacial score (nSPS) is 17.2. The Labute approximate surface area is 149 Å². The molecule has 1 saturated heterocycles. The maximum atomic E-state index is 12.1. The minimum Gasteiger partial charge on any atom is -0.369 e. The van der Waals surface area contributed by atoms with E-state index in [0.29, 0.717) is 10.6 Å². The van der Waals surface area contributed by atoms with Crippen LogP contribution in [0.1, 0.15) is 30.1 Å². The van der Waals surface area contributed by atoms with Crippen LogP contribution in [0.25, 0.3) is 10.9 Å². The second-order valence-corrected chi connectivity index (χ2v) is 7.59. The van der Waals surface area contributed by atoms with Gasteiger partial charge < -0.3 is 4.90 Å². The molecule has 0 spiro atoms. The van der Waals surface area contributed by atoms with Gasteiger partial charge in [-0.05, 0) is 38.0 Å². The summed E-state index contributed by atoms with van der Waals surface area (Å²) in [5.74, 6) is -0.0191. The van der Waals surface area contributed by atoms with Gasteiger partial charge in [0.05, 0.1) is 27.2 Å². The zero-order valence-corrected chi connectivity index (χ0v) is 15.3. The van der Waals surface area contributed by atoms with Gasteiger partial charge in [0.1, 0.15) is 0 Å². The molecule has 2 aromatic rings. The van der Waals surface area contributed by atoms with Crippen molar-refractivity contribution in [3.63, 3.8) is 0 Å². The monoisotopic (exact) mass is 365 g/mol. The van der Waals surface area contributed by atoms with Crippen LogP contribution in [-0.4, -0.2) is 40.4 Å². The highest BCUT2D eigenvalue weighted by Gasteiger charge is 2.25. The summed E-state index contributed by atoms with van der Waals surface area (Å²) in [6.45, 7) is 3.11. The number of hydrogen-bond acceptors (Lipinski definition) is 4. The lowest BCUT2D eigenvalue weighted by Crippen LogP contribution is -2.43. The second kappa shape index (κ2) is 7.17. The Bertz CT molecular complexity index is 804. The number of nitrogens with zero attached hydrogens (tertiary/aromatic N) is 2. The number of piperidine rings is 1. The molecular formula is C17H20ClN3O2S. The molecular weight excluding hydrogens is 346 g/mol. The average molecular weight is 366 g/mol. The predicted octanol–water partition coefficient (Wildman–Crippen LogP) is 2.94. The number of anilines is 1. The first kappa shape index (κ1) is 17.3. The zero-order chi connectivity index (χ0) is 17.3. The summed E-state index contributed by atoms with van der Waals surface area (Å²) in [7, 11) is -1.01. The highest BCUT2D eigenvalue weighted by Crippen LogP contribution is 2.36. The number of nitrogens with one attached hydrogen (secondary N) is 1. The molecule has 1 aromatic carbocycles. The van der Waals surface area contributed by atoms with Gasteiger partial charge in [-0.25, -0.2) is 8.93 Å². The number of carbonyl (C=O) groups is 1. The number of benzene rings is 1. The van der Waals surface area contributed by atoms with Crippen LogP contribution in [-0.2, 0) is 11.0 Å². The molecule has 5 nitrogen and oxygen atoms in total. The minimum absolute atomic E-state index is 0.0191. The maximum absolute atomic E-state index is 12.1. The smallest absolute Gasteiger partial charge is 0.162 e. The number of Topliss-reactive ketones (excluding diaryl/α,β-unsaturated/α-hetero) is 1. The van der Waals surface area contributed by atoms with Crippen molar-refractivity contribution in [3.8, 4) is 0 Å². The van der Waals surface area contributed by atoms with Crippen LogP contribution in [0.2, 0.25) is 5.02 Å². The van der Waals surface area contributed by atoms with Crippen LogP contribution in [0.5, 0.6) is 0 Å². The first-order valence-electron chi connectivity index (χ1n) is 7.90. The standard InChI is InChI=1S/C17H20ClN3O2S/c1-11(22)14-10-15(18)13-4-3-7-19-16(13)17(14)21-8-5-12(6-9-21)20-24(2)23/h3-4,7,10,12,20H,5-6,8-9H2,1-2H3. The van der Waals surface area contributed by atoms with E-state index in [4.69, 9.17) is 11.6 Å². The SMILES string of the molecule is CC(=O)c1cc(Cl)c2cccnc2c1N1CCC(NS(C)=O)CC1. The zero-order valence-electron chi connectivity index (χ0n) is 13.7. The molecule has 0 saturated carbocycles. The van der Waals surface area contributed by atoms with Crippen LogP contribution >= 0.6 is 11.6 Å². The van der Waals surface area contributed by atoms with Gasteiger partial charge in [-0.15, -0.1) is 0 Å². The summed E-state index contributed by atoms with van der Waals surface area (Å²) in [5, 5.41) is 1.40. The summed E-state index contributed by atoms with van der Waals surface area (Å²) in [5.41, 5.74) is 2.23. The van der Waals surface area contributed by atoms with Crippen molar-refractivity contribution < 1.29 is 9.00 Å². The van der Waals surface area contributed by atoms with Gasteiger partial charge in [0, 0.05) is 42.5 Å². The van der Waals surface area contributed by atoms with E-state index in [0.717, 1.165) is 42.5 Å². The van der Waals surface area contributed by atoms with Gasteiger partial charge in [0.25, 0.3) is 0 Å². The van der Waals surface area contributed by atoms with Crippen LogP contribution < -0.4 is 9.62 Å². The number of aromatic nitrogens is 1. The first-order valence-corrected chi connectivity index (χ1v) is 9.83. The third-order valence-electron chi connectivity index (χ3n) is 4.34. The van der Waals surface area contributed by atoms with Gasteiger partial charge in [0.2, 0.25) is 0 Å². The quantitative estimate of drug-likeness (QED) is 0.846. The molecule has 2 heterocycles. The molecule has 0 aliphatic carbocycles. The van der Waals surface area contributed by atoms with Crippen molar-refractivity contribution in [3.05, 3.63) is 35.0 Å². The number of hydrogen-bond donors (Lipinski definition) is 1. The molecule has 1 N–H and O–H groups in total. The number of fused-ring (bicyclic) bond motifs is 1. The summed E-state index contributed by atoms with van der Waals surface area (Å²) in [6, 6.07) is 5.75. The molecule has 7 heteroatoms. The van der Waals surface area contributed by atoms with Crippen molar-refractivity contribution in [2.24, 2.45) is 0 Å². The predicted molar refractivity (Wildman–Crippen MR) is 99.2 cm³/mol. The molecule has 0 bridgehead atoms. The average Bonchev–Trinajstić information content (AvgIpc) is 2.55. The Morgan fingerprint density at radius 1 is 1.42 bits per heavy atom. The van der Waals surface area contributed by atoms with Crippen LogP contribution in [0.4, 0.5) is 5.69 Å². The van der Waals surface area contributed by atoms with E-state index in [1.807, 2.05) is 12.1 Å². The van der Waals surface area contributed by atoms with Crippen molar-refractivity contribution >= 4 is 45.0 Å². The number of halogens is 1. The highest BCUT2D eigenvalue weighted by atomic mass is 35.5. The fraction of sp³-hybridized carbons (Fsp3) is 0.412. The van der Waals surface area contributed by atoms with Gasteiger partial charge in [-0.3, -0.25) is 9.78 Å².